The van der Waals surface area contributed by atoms with Gasteiger partial charge in [-0.25, -0.2) is 8.42 Å². The molecule has 4 rings (SSSR count). The Kier molecular flexibility index (Phi) is 11.7. The van der Waals surface area contributed by atoms with Gasteiger partial charge in [0.05, 0.1) is 10.6 Å². The lowest BCUT2D eigenvalue weighted by molar-refractivity contribution is -0.139. The van der Waals surface area contributed by atoms with E-state index < -0.39 is 28.5 Å². The van der Waals surface area contributed by atoms with E-state index in [1.165, 1.54) is 17.0 Å². The van der Waals surface area contributed by atoms with Gasteiger partial charge in [0.25, 0.3) is 10.0 Å². The summed E-state index contributed by atoms with van der Waals surface area (Å²) in [5, 5.41) is 3.65. The topological polar surface area (TPSA) is 96.0 Å². The molecule has 0 spiro atoms. The molecule has 242 valence electrons. The van der Waals surface area contributed by atoms with E-state index in [4.69, 9.17) is 27.9 Å². The smallest absolute Gasteiger partial charge is 0.264 e. The van der Waals surface area contributed by atoms with Crippen LogP contribution in [0.15, 0.2) is 102 Å². The van der Waals surface area contributed by atoms with Crippen LogP contribution in [0.25, 0.3) is 0 Å². The Morgan fingerprint density at radius 2 is 1.50 bits per heavy atom. The molecule has 0 saturated heterocycles. The summed E-state index contributed by atoms with van der Waals surface area (Å²) in [7, 11) is -4.23. The molecular formula is C35H37Cl2N3O5S. The molecule has 0 unspecified atom stereocenters. The Morgan fingerprint density at radius 3 is 2.11 bits per heavy atom. The lowest BCUT2D eigenvalue weighted by Crippen LogP contribution is -2.52. The minimum atomic E-state index is -4.23. The van der Waals surface area contributed by atoms with Crippen LogP contribution in [0.3, 0.4) is 0 Å². The van der Waals surface area contributed by atoms with Gasteiger partial charge in [0.1, 0.15) is 24.1 Å². The van der Waals surface area contributed by atoms with Crippen LogP contribution in [0.4, 0.5) is 5.69 Å². The van der Waals surface area contributed by atoms with Gasteiger partial charge in [-0.15, -0.1) is 0 Å². The van der Waals surface area contributed by atoms with Gasteiger partial charge < -0.3 is 15.0 Å². The van der Waals surface area contributed by atoms with Crippen molar-refractivity contribution >= 4 is 50.7 Å². The number of hydrogen-bond donors (Lipinski definition) is 1. The van der Waals surface area contributed by atoms with Crippen molar-refractivity contribution in [3.8, 4) is 11.5 Å². The van der Waals surface area contributed by atoms with Crippen LogP contribution in [0, 0.1) is 6.92 Å². The van der Waals surface area contributed by atoms with E-state index in [0.717, 1.165) is 9.87 Å². The molecule has 0 saturated carbocycles. The van der Waals surface area contributed by atoms with E-state index in [9.17, 15) is 18.0 Å². The van der Waals surface area contributed by atoms with E-state index in [0.29, 0.717) is 33.5 Å². The number of carbonyl (C=O) groups excluding carboxylic acids is 2. The molecule has 2 atom stereocenters. The van der Waals surface area contributed by atoms with Crippen molar-refractivity contribution in [3.63, 3.8) is 0 Å². The molecule has 0 aromatic heterocycles. The van der Waals surface area contributed by atoms with Crippen molar-refractivity contribution < 1.29 is 22.7 Å². The minimum Gasteiger partial charge on any atom is -0.457 e. The fourth-order valence-electron chi connectivity index (χ4n) is 4.55. The summed E-state index contributed by atoms with van der Waals surface area (Å²) >= 11 is 12.6. The number of benzene rings is 4. The van der Waals surface area contributed by atoms with Crippen LogP contribution in [0.1, 0.15) is 38.3 Å². The van der Waals surface area contributed by atoms with Crippen molar-refractivity contribution in [2.45, 2.75) is 57.6 Å². The van der Waals surface area contributed by atoms with Gasteiger partial charge in [-0.2, -0.15) is 0 Å². The summed E-state index contributed by atoms with van der Waals surface area (Å²) in [6.45, 7) is 6.64. The maximum absolute atomic E-state index is 14.2. The third-order valence-electron chi connectivity index (χ3n) is 7.52. The van der Waals surface area contributed by atoms with E-state index in [-0.39, 0.29) is 29.1 Å². The van der Waals surface area contributed by atoms with Gasteiger partial charge in [-0.3, -0.25) is 13.9 Å². The van der Waals surface area contributed by atoms with Crippen molar-refractivity contribution in [3.05, 3.63) is 118 Å². The Balaban J connectivity index is 1.72. The maximum Gasteiger partial charge on any atom is 0.264 e. The number of nitrogens with one attached hydrogen (secondary N) is 1. The summed E-state index contributed by atoms with van der Waals surface area (Å²) in [5.74, 6) is 0.139. The molecule has 0 radical (unpaired) electrons. The number of amides is 2. The van der Waals surface area contributed by atoms with Crippen LogP contribution in [-0.4, -0.2) is 43.8 Å². The number of ether oxygens (including phenoxy) is 1. The molecule has 0 fully saturated rings. The van der Waals surface area contributed by atoms with Gasteiger partial charge in [-0.05, 0) is 93.4 Å². The fourth-order valence-corrected chi connectivity index (χ4v) is 6.44. The van der Waals surface area contributed by atoms with Crippen LogP contribution < -0.4 is 14.4 Å². The van der Waals surface area contributed by atoms with Crippen molar-refractivity contribution in [2.24, 2.45) is 0 Å². The molecule has 11 heteroatoms. The second-order valence-corrected chi connectivity index (χ2v) is 13.7. The number of anilines is 1. The predicted molar refractivity (Wildman–Crippen MR) is 183 cm³/mol. The van der Waals surface area contributed by atoms with Crippen molar-refractivity contribution in [1.82, 2.24) is 10.2 Å². The second-order valence-electron chi connectivity index (χ2n) is 11.0. The Labute approximate surface area is 280 Å². The molecule has 2 amide bonds. The number of nitrogens with zero attached hydrogens (tertiary/aromatic N) is 2. The van der Waals surface area contributed by atoms with Crippen LogP contribution in [0.5, 0.6) is 11.5 Å². The highest BCUT2D eigenvalue weighted by atomic mass is 35.5. The highest BCUT2D eigenvalue weighted by Gasteiger charge is 2.33. The number of aryl methyl sites for hydroxylation is 1. The lowest BCUT2D eigenvalue weighted by Gasteiger charge is -2.32. The largest absolute Gasteiger partial charge is 0.457 e. The van der Waals surface area contributed by atoms with Crippen molar-refractivity contribution in [1.29, 1.82) is 0 Å². The zero-order valence-corrected chi connectivity index (χ0v) is 28.4. The SMILES string of the molecule is CC[C@@H](C)NC(=O)[C@H](C)N(Cc1ccc(Cl)cc1Cl)C(=O)CN(c1ccc(Oc2ccccc2)cc1)S(=O)(=O)c1ccc(C)cc1. The van der Waals surface area contributed by atoms with Crippen LogP contribution >= 0.6 is 23.2 Å². The van der Waals surface area contributed by atoms with Crippen LogP contribution in [-0.2, 0) is 26.2 Å². The van der Waals surface area contributed by atoms with E-state index >= 15 is 0 Å². The zero-order valence-electron chi connectivity index (χ0n) is 26.1. The monoisotopic (exact) mass is 681 g/mol. The summed E-state index contributed by atoms with van der Waals surface area (Å²) in [6, 6.07) is 25.8. The first-order chi connectivity index (χ1) is 21.9. The first-order valence-electron chi connectivity index (χ1n) is 14.8. The molecule has 4 aromatic rings. The van der Waals surface area contributed by atoms with Gasteiger partial charge in [0, 0.05) is 22.6 Å². The first kappa shape index (κ1) is 34.8. The highest BCUT2D eigenvalue weighted by Crippen LogP contribution is 2.29. The van der Waals surface area contributed by atoms with Gasteiger partial charge in [0.2, 0.25) is 11.8 Å². The molecule has 0 aliphatic rings. The number of rotatable bonds is 13. The van der Waals surface area contributed by atoms with Crippen molar-refractivity contribution in [2.75, 3.05) is 10.8 Å². The Hall–Kier alpha value is -4.05. The average molecular weight is 683 g/mol. The molecule has 46 heavy (non-hydrogen) atoms. The predicted octanol–water partition coefficient (Wildman–Crippen LogP) is 7.62. The average Bonchev–Trinajstić information content (AvgIpc) is 3.04. The zero-order chi connectivity index (χ0) is 33.4. The first-order valence-corrected chi connectivity index (χ1v) is 17.0. The molecule has 8 nitrogen and oxygen atoms in total. The number of sulfonamides is 1. The van der Waals surface area contributed by atoms with E-state index in [1.54, 1.807) is 73.7 Å². The van der Waals surface area contributed by atoms with Gasteiger partial charge >= 0.3 is 0 Å². The summed E-state index contributed by atoms with van der Waals surface area (Å²) in [4.78, 5) is 28.8. The van der Waals surface area contributed by atoms with Gasteiger partial charge in [0.15, 0.2) is 0 Å². The lowest BCUT2D eigenvalue weighted by atomic mass is 10.1. The number of carbonyl (C=O) groups is 2. The normalized spacial score (nSPS) is 12.6. The second kappa shape index (κ2) is 15.5. The van der Waals surface area contributed by atoms with Crippen LogP contribution in [0.2, 0.25) is 10.0 Å². The Morgan fingerprint density at radius 1 is 0.870 bits per heavy atom. The molecule has 0 aliphatic heterocycles. The summed E-state index contributed by atoms with van der Waals surface area (Å²) < 4.78 is 35.2. The quantitative estimate of drug-likeness (QED) is 0.157. The fraction of sp³-hybridized carbons (Fsp3) is 0.257. The summed E-state index contributed by atoms with van der Waals surface area (Å²) in [5.41, 5.74) is 1.68. The molecule has 0 bridgehead atoms. The number of para-hydroxylation sites is 1. The summed E-state index contributed by atoms with van der Waals surface area (Å²) in [6.07, 6.45) is 0.696. The maximum atomic E-state index is 14.2. The van der Waals surface area contributed by atoms with E-state index in [1.807, 2.05) is 39.0 Å². The number of halogens is 2. The standard InChI is InChI=1S/C35H37Cl2N3O5S/c1-5-25(3)38-35(42)26(4)39(22-27-13-14-28(36)21-33(27)37)34(41)23-40(46(43,44)32-19-11-24(2)12-20-32)29-15-17-31(18-16-29)45-30-9-7-6-8-10-30/h6-21,25-26H,5,22-23H2,1-4H3,(H,38,42)/t25-,26+/m1/s1. The molecular weight excluding hydrogens is 645 g/mol. The third-order valence-corrected chi connectivity index (χ3v) is 9.89. The molecule has 0 aliphatic carbocycles. The molecule has 4 aromatic carbocycles. The van der Waals surface area contributed by atoms with E-state index in [2.05, 4.69) is 5.32 Å². The molecule has 0 heterocycles. The molecule has 1 N–H and O–H groups in total. The highest BCUT2D eigenvalue weighted by molar-refractivity contribution is 7.92. The minimum absolute atomic E-state index is 0.0189. The third kappa shape index (κ3) is 8.81. The van der Waals surface area contributed by atoms with Gasteiger partial charge in [-0.1, -0.05) is 72.1 Å². The number of hydrogen-bond acceptors (Lipinski definition) is 5. The Bertz CT molecular complexity index is 1750.